The molecule has 0 saturated carbocycles. The Morgan fingerprint density at radius 1 is 0.248 bits per heavy atom. The molecular weight excluding hydrogens is 1250 g/mol. The number of aromatic nitrogens is 2. The van der Waals surface area contributed by atoms with Gasteiger partial charge in [-0.2, -0.15) is 0 Å². The second-order valence-electron chi connectivity index (χ2n) is 32.7. The summed E-state index contributed by atoms with van der Waals surface area (Å²) >= 11 is 1.84. The number of rotatable bonds is 6. The van der Waals surface area contributed by atoms with Crippen molar-refractivity contribution in [1.82, 2.24) is 9.97 Å². The van der Waals surface area contributed by atoms with E-state index in [4.69, 9.17) is 19.4 Å². The van der Waals surface area contributed by atoms with Gasteiger partial charge in [-0.25, -0.2) is 9.97 Å². The Bertz CT molecular complexity index is 5570. The lowest BCUT2D eigenvalue weighted by Crippen LogP contribution is -2.27. The topological polar surface area (TPSA) is 44.2 Å². The van der Waals surface area contributed by atoms with Crippen molar-refractivity contribution >= 4 is 54.9 Å². The molecule has 0 amide bonds. The molecule has 0 N–H and O–H groups in total. The smallest absolute Gasteiger partial charge is 0.128 e. The Kier molecular flexibility index (Phi) is 13.0. The van der Waals surface area contributed by atoms with Crippen LogP contribution in [0.4, 0.5) is 0 Å². The minimum absolute atomic E-state index is 0.0917. The lowest BCUT2D eigenvalue weighted by atomic mass is 9.68. The van der Waals surface area contributed by atoms with Gasteiger partial charge in [0, 0.05) is 21.9 Å². The molecule has 15 aromatic rings. The first-order chi connectivity index (χ1) is 48.6. The maximum Gasteiger partial charge on any atom is 0.128 e. The van der Waals surface area contributed by atoms with Gasteiger partial charge in [-0.1, -0.05) is 277 Å². The van der Waals surface area contributed by atoms with Gasteiger partial charge in [-0.15, -0.1) is 11.3 Å². The van der Waals surface area contributed by atoms with Crippen molar-refractivity contribution in [3.8, 4) is 88.4 Å². The molecule has 0 bridgehead atoms. The molecule has 490 valence electrons. The molecule has 0 atom stereocenters. The molecule has 4 aliphatic carbocycles. The van der Waals surface area contributed by atoms with Gasteiger partial charge < -0.3 is 9.47 Å². The molecule has 13 aromatic carbocycles. The third-order valence-electron chi connectivity index (χ3n) is 22.6. The largest absolute Gasteiger partial charge is 0.457 e. The van der Waals surface area contributed by atoms with Gasteiger partial charge in [0.2, 0.25) is 0 Å². The number of fused-ring (bicyclic) bond motifs is 27. The number of ether oxygens (including phenoxy) is 2. The van der Waals surface area contributed by atoms with Crippen LogP contribution in [0.1, 0.15) is 150 Å². The highest BCUT2D eigenvalue weighted by atomic mass is 32.1. The molecule has 0 radical (unpaired) electrons. The van der Waals surface area contributed by atoms with Crippen LogP contribution in [0.15, 0.2) is 255 Å². The van der Waals surface area contributed by atoms with E-state index < -0.39 is 10.8 Å². The first-order valence-electron chi connectivity index (χ1n) is 35.8. The van der Waals surface area contributed by atoms with E-state index in [1.54, 1.807) is 0 Å². The molecule has 2 aromatic heterocycles. The van der Waals surface area contributed by atoms with Crippen LogP contribution in [0.25, 0.3) is 109 Å². The zero-order chi connectivity index (χ0) is 69.0. The first kappa shape index (κ1) is 61.4. The van der Waals surface area contributed by atoms with Crippen LogP contribution in [0, 0.1) is 0 Å². The Labute approximate surface area is 596 Å². The number of thiophene rings is 1. The number of hydrogen-bond acceptors (Lipinski definition) is 5. The van der Waals surface area contributed by atoms with Crippen molar-refractivity contribution in [2.24, 2.45) is 0 Å². The molecule has 4 aliphatic rings. The third-order valence-corrected chi connectivity index (χ3v) is 23.9. The van der Waals surface area contributed by atoms with Crippen LogP contribution in [0.5, 0.6) is 23.0 Å². The molecule has 4 nitrogen and oxygen atoms in total. The Morgan fingerprint density at radius 3 is 0.911 bits per heavy atom. The van der Waals surface area contributed by atoms with Gasteiger partial charge in [-0.3, -0.25) is 0 Å². The van der Waals surface area contributed by atoms with Crippen molar-refractivity contribution < 1.29 is 9.47 Å². The van der Waals surface area contributed by atoms with Gasteiger partial charge in [0.25, 0.3) is 0 Å². The molecule has 0 unspecified atom stereocenters. The summed E-state index contributed by atoms with van der Waals surface area (Å²) in [4.78, 5) is 14.6. The van der Waals surface area contributed by atoms with Crippen molar-refractivity contribution in [2.45, 2.75) is 116 Å². The number of nitrogens with zero attached hydrogens (tertiary/aromatic N) is 2. The van der Waals surface area contributed by atoms with E-state index in [2.05, 4.69) is 277 Å². The summed E-state index contributed by atoms with van der Waals surface area (Å²) in [5, 5.41) is 4.01. The predicted molar refractivity (Wildman–Crippen MR) is 421 cm³/mol. The summed E-state index contributed by atoms with van der Waals surface area (Å²) in [7, 11) is 0. The molecule has 2 spiro atoms. The lowest BCUT2D eigenvalue weighted by molar-refractivity contribution is 0.483. The lowest BCUT2D eigenvalue weighted by Gasteiger charge is -2.33. The van der Waals surface area contributed by atoms with E-state index in [-0.39, 0.29) is 21.7 Å². The molecule has 101 heavy (non-hydrogen) atoms. The van der Waals surface area contributed by atoms with Crippen molar-refractivity contribution in [2.75, 3.05) is 0 Å². The van der Waals surface area contributed by atoms with Crippen molar-refractivity contribution in [3.05, 3.63) is 322 Å². The Balaban J connectivity index is 0.947. The van der Waals surface area contributed by atoms with Gasteiger partial charge in [0.05, 0.1) is 31.6 Å². The van der Waals surface area contributed by atoms with Crippen molar-refractivity contribution in [1.29, 1.82) is 0 Å². The first-order valence-corrected chi connectivity index (χ1v) is 36.6. The fourth-order valence-corrected chi connectivity index (χ4v) is 18.9. The summed E-state index contributed by atoms with van der Waals surface area (Å²) in [5.74, 6) is 2.96. The number of hydrogen-bond donors (Lipinski definition) is 0. The minimum atomic E-state index is -0.626. The van der Waals surface area contributed by atoms with E-state index in [0.29, 0.717) is 0 Å². The molecule has 19 rings (SSSR count). The summed E-state index contributed by atoms with van der Waals surface area (Å²) in [6.07, 6.45) is 0. The maximum absolute atomic E-state index is 6.74. The normalized spacial score (nSPS) is 14.3. The highest BCUT2D eigenvalue weighted by molar-refractivity contribution is 7.21. The zero-order valence-corrected chi connectivity index (χ0v) is 60.2. The van der Waals surface area contributed by atoms with Crippen LogP contribution in [-0.2, 0) is 32.5 Å². The van der Waals surface area contributed by atoms with Gasteiger partial charge in [-0.05, 0) is 204 Å². The third kappa shape index (κ3) is 8.85. The van der Waals surface area contributed by atoms with Crippen LogP contribution in [0.3, 0.4) is 0 Å². The zero-order valence-electron chi connectivity index (χ0n) is 59.4. The van der Waals surface area contributed by atoms with Crippen LogP contribution >= 0.6 is 11.3 Å². The van der Waals surface area contributed by atoms with E-state index in [9.17, 15) is 0 Å². The summed E-state index contributed by atoms with van der Waals surface area (Å²) in [5.41, 5.74) is 29.9. The average molecular weight is 1320 g/mol. The summed E-state index contributed by atoms with van der Waals surface area (Å²) in [6, 6.07) is 95.4. The molecule has 0 fully saturated rings. The minimum Gasteiger partial charge on any atom is -0.457 e. The van der Waals surface area contributed by atoms with Gasteiger partial charge >= 0.3 is 0 Å². The van der Waals surface area contributed by atoms with E-state index in [1.165, 1.54) is 111 Å². The second-order valence-corrected chi connectivity index (χ2v) is 33.7. The predicted octanol–water partition coefficient (Wildman–Crippen LogP) is 25.9. The van der Waals surface area contributed by atoms with Crippen LogP contribution in [0.2, 0.25) is 0 Å². The highest BCUT2D eigenvalue weighted by Crippen LogP contribution is 2.68. The van der Waals surface area contributed by atoms with Crippen molar-refractivity contribution in [3.63, 3.8) is 0 Å². The Hall–Kier alpha value is -10.7. The van der Waals surface area contributed by atoms with Gasteiger partial charge in [0.15, 0.2) is 0 Å². The average Bonchev–Trinajstić information content (AvgIpc) is 1.50. The molecule has 2 heterocycles. The van der Waals surface area contributed by atoms with Crippen LogP contribution < -0.4 is 9.47 Å². The standard InChI is InChI=1S/C96H78N2O2S/c1-91(2,3)55-37-43-65-66-44-38-56(92(4,5)6)50-80(66)95(79(65)49-55)75-33-21-19-29-69(75)83-71(31-23-35-77(83)95)89-87-88(98-86-74-54-62(100-60-27-17-14-18-28-60)42-48-64(74)63-47-41-61(53-73(63)85(86)97-87)99-59-25-15-13-16-26-59)90(101-89)72-32-24-36-78-84(72)70-30-20-22-34-76(70)96(78)81-51-57(93(7,8)9)39-45-67(81)68-46-40-58(52-82(68)96)94(10,11)12/h13-54H,1-12H3. The molecular formula is C96H78N2O2S. The maximum atomic E-state index is 6.74. The molecule has 0 saturated heterocycles. The SMILES string of the molecule is CC(C)(C)c1ccc2c(c1)C1(c3cc(C(C)(C)C)ccc3-2)c2ccccc2-c2c(-c3sc(-c4cccc5c4-c4ccccc4C54c5cc(C(C)(C)C)ccc5-c5ccc(C(C)(C)C)cc54)c4nc5c6cc(Oc7ccccc7)ccc6c6ccc(Oc7ccccc7)cc6c5nc34)cccc21. The van der Waals surface area contributed by atoms with E-state index in [1.807, 2.05) is 72.0 Å². The molecule has 5 heteroatoms. The molecule has 0 aliphatic heterocycles. The fourth-order valence-electron chi connectivity index (χ4n) is 17.7. The van der Waals surface area contributed by atoms with E-state index >= 15 is 0 Å². The quantitative estimate of drug-likeness (QED) is 0.156. The summed E-state index contributed by atoms with van der Waals surface area (Å²) in [6.45, 7) is 28.1. The summed E-state index contributed by atoms with van der Waals surface area (Å²) < 4.78 is 13.5. The second kappa shape index (κ2) is 21.4. The monoisotopic (exact) mass is 1320 g/mol. The highest BCUT2D eigenvalue weighted by Gasteiger charge is 2.55. The Morgan fingerprint density at radius 2 is 0.564 bits per heavy atom. The van der Waals surface area contributed by atoms with E-state index in [0.717, 1.165) is 87.5 Å². The van der Waals surface area contributed by atoms with Gasteiger partial charge in [0.1, 0.15) is 34.0 Å². The van der Waals surface area contributed by atoms with Crippen LogP contribution in [-0.4, -0.2) is 9.97 Å². The number of benzene rings is 13. The fraction of sp³-hybridized carbons (Fsp3) is 0.188. The number of para-hydroxylation sites is 2.